The van der Waals surface area contributed by atoms with E-state index < -0.39 is 30.2 Å². The van der Waals surface area contributed by atoms with Gasteiger partial charge >= 0.3 is 5.69 Å². The number of ether oxygens (including phenoxy) is 3. The number of methoxy groups -OCH3 is 1. The van der Waals surface area contributed by atoms with Crippen LogP contribution >= 0.6 is 0 Å². The smallest absolute Gasteiger partial charge is 0.325 e. The van der Waals surface area contributed by atoms with Crippen LogP contribution in [-0.2, 0) is 9.47 Å². The lowest BCUT2D eigenvalue weighted by Crippen LogP contribution is -2.63. The van der Waals surface area contributed by atoms with Gasteiger partial charge < -0.3 is 29.4 Å². The molecule has 3 heterocycles. The van der Waals surface area contributed by atoms with Crippen molar-refractivity contribution in [3.05, 3.63) is 34.7 Å². The van der Waals surface area contributed by atoms with Crippen LogP contribution < -0.4 is 10.4 Å². The number of hydrogen-bond acceptors (Lipinski definition) is 7. The molecule has 4 atom stereocenters. The maximum Gasteiger partial charge on any atom is 0.325 e. The Morgan fingerprint density at radius 3 is 2.70 bits per heavy atom. The number of aromatic nitrogens is 3. The van der Waals surface area contributed by atoms with Crippen LogP contribution in [-0.4, -0.2) is 62.5 Å². The van der Waals surface area contributed by atoms with Crippen LogP contribution in [0.3, 0.4) is 0 Å². The third-order valence-electron chi connectivity index (χ3n) is 4.82. The van der Waals surface area contributed by atoms with Gasteiger partial charge in [-0.15, -0.1) is 0 Å². The molecule has 9 nitrogen and oxygen atoms in total. The Kier molecular flexibility index (Phi) is 4.19. The van der Waals surface area contributed by atoms with E-state index in [-0.39, 0.29) is 5.69 Å². The highest BCUT2D eigenvalue weighted by Crippen LogP contribution is 2.33. The van der Waals surface area contributed by atoms with E-state index in [1.165, 1.54) is 7.11 Å². The zero-order chi connectivity index (χ0) is 19.3. The minimum atomic E-state index is -1.28. The molecule has 0 saturated carbocycles. The average molecular weight is 375 g/mol. The van der Waals surface area contributed by atoms with Crippen LogP contribution in [0.4, 0.5) is 0 Å². The van der Waals surface area contributed by atoms with Crippen LogP contribution in [0.1, 0.15) is 13.8 Å². The molecule has 1 unspecified atom stereocenters. The van der Waals surface area contributed by atoms with E-state index in [1.54, 1.807) is 38.1 Å². The van der Waals surface area contributed by atoms with Gasteiger partial charge in [0.15, 0.2) is 5.65 Å². The molecule has 144 valence electrons. The first-order chi connectivity index (χ1) is 12.8. The lowest BCUT2D eigenvalue weighted by molar-refractivity contribution is -0.305. The van der Waals surface area contributed by atoms with Crippen molar-refractivity contribution in [3.63, 3.8) is 0 Å². The molecule has 0 radical (unpaired) electrons. The minimum Gasteiger partial charge on any atom is -0.462 e. The monoisotopic (exact) mass is 375 g/mol. The van der Waals surface area contributed by atoms with Gasteiger partial charge in [0.25, 0.3) is 0 Å². The summed E-state index contributed by atoms with van der Waals surface area (Å²) in [5.41, 5.74) is 0.479. The molecule has 0 aliphatic carbocycles. The Morgan fingerprint density at radius 2 is 1.96 bits per heavy atom. The Morgan fingerprint density at radius 1 is 1.19 bits per heavy atom. The SMILES string of the molecule is CO[C@@H]1[C@H](O)[C@H](O)C(Oc2ccc3cc4[nH]c(=O)[nH]c4nc3c2)OC1(C)C. The first-order valence-electron chi connectivity index (χ1n) is 8.55. The number of aromatic amines is 2. The molecule has 4 N–H and O–H groups in total. The van der Waals surface area contributed by atoms with E-state index in [4.69, 9.17) is 14.2 Å². The molecule has 0 amide bonds. The molecular formula is C18H21N3O6. The molecule has 1 saturated heterocycles. The summed E-state index contributed by atoms with van der Waals surface area (Å²) < 4.78 is 16.9. The third kappa shape index (κ3) is 3.08. The van der Waals surface area contributed by atoms with E-state index in [2.05, 4.69) is 15.0 Å². The quantitative estimate of drug-likeness (QED) is 0.529. The second-order valence-electron chi connectivity index (χ2n) is 7.16. The standard InChI is InChI=1S/C18H21N3O6/c1-18(2)14(25-3)12(22)13(23)16(27-18)26-9-5-4-8-6-11-15(19-10(8)7-9)21-17(24)20-11/h4-7,12-14,16,22-23H,1-3H3,(H2,19,20,21,24)/t12-,13+,14-,16?/m1/s1. The highest BCUT2D eigenvalue weighted by Gasteiger charge is 2.50. The fourth-order valence-electron chi connectivity index (χ4n) is 3.51. The Bertz CT molecular complexity index is 1040. The molecule has 27 heavy (non-hydrogen) atoms. The second kappa shape index (κ2) is 6.31. The Balaban J connectivity index is 1.64. The summed E-state index contributed by atoms with van der Waals surface area (Å²) in [6.07, 6.45) is -4.21. The normalized spacial score (nSPS) is 27.9. The number of fused-ring (bicyclic) bond motifs is 2. The maximum absolute atomic E-state index is 11.4. The first kappa shape index (κ1) is 17.9. The largest absolute Gasteiger partial charge is 0.462 e. The highest BCUT2D eigenvalue weighted by molar-refractivity contribution is 5.89. The molecule has 0 spiro atoms. The minimum absolute atomic E-state index is 0.327. The van der Waals surface area contributed by atoms with Gasteiger partial charge in [-0.25, -0.2) is 9.78 Å². The highest BCUT2D eigenvalue weighted by atomic mass is 16.7. The van der Waals surface area contributed by atoms with Crippen molar-refractivity contribution >= 4 is 22.1 Å². The topological polar surface area (TPSA) is 130 Å². The summed E-state index contributed by atoms with van der Waals surface area (Å²) >= 11 is 0. The van der Waals surface area contributed by atoms with Crippen molar-refractivity contribution in [2.45, 2.75) is 44.1 Å². The Hall–Kier alpha value is -2.46. The summed E-state index contributed by atoms with van der Waals surface area (Å²) in [6, 6.07) is 6.98. The summed E-state index contributed by atoms with van der Waals surface area (Å²) in [6.45, 7) is 3.51. The zero-order valence-electron chi connectivity index (χ0n) is 15.1. The lowest BCUT2D eigenvalue weighted by Gasteiger charge is -2.46. The van der Waals surface area contributed by atoms with E-state index >= 15 is 0 Å². The summed E-state index contributed by atoms with van der Waals surface area (Å²) in [5, 5.41) is 21.5. The van der Waals surface area contributed by atoms with E-state index in [0.29, 0.717) is 22.4 Å². The maximum atomic E-state index is 11.4. The fraction of sp³-hybridized carbons (Fsp3) is 0.444. The van der Waals surface area contributed by atoms with Crippen molar-refractivity contribution in [2.24, 2.45) is 0 Å². The number of rotatable bonds is 3. The van der Waals surface area contributed by atoms with Crippen molar-refractivity contribution in [3.8, 4) is 5.75 Å². The predicted molar refractivity (Wildman–Crippen MR) is 96.6 cm³/mol. The molecular weight excluding hydrogens is 354 g/mol. The Labute approximate surface area is 153 Å². The fourth-order valence-corrected chi connectivity index (χ4v) is 3.51. The van der Waals surface area contributed by atoms with Gasteiger partial charge in [0.2, 0.25) is 6.29 Å². The summed E-state index contributed by atoms with van der Waals surface area (Å²) in [5.74, 6) is 0.412. The van der Waals surface area contributed by atoms with Gasteiger partial charge in [0.05, 0.1) is 16.6 Å². The average Bonchev–Trinajstić information content (AvgIpc) is 2.96. The van der Waals surface area contributed by atoms with E-state index in [1.807, 2.05) is 0 Å². The van der Waals surface area contributed by atoms with Crippen LogP contribution in [0.25, 0.3) is 22.1 Å². The molecule has 1 aliphatic rings. The number of aliphatic hydroxyl groups excluding tert-OH is 2. The molecule has 1 aliphatic heterocycles. The number of benzene rings is 1. The first-order valence-corrected chi connectivity index (χ1v) is 8.55. The van der Waals surface area contributed by atoms with Crippen molar-refractivity contribution in [2.75, 3.05) is 7.11 Å². The molecule has 1 fully saturated rings. The number of nitrogens with one attached hydrogen (secondary N) is 2. The zero-order valence-corrected chi connectivity index (χ0v) is 15.1. The molecule has 3 aromatic rings. The summed E-state index contributed by atoms with van der Waals surface area (Å²) in [4.78, 5) is 21.1. The molecule has 1 aromatic carbocycles. The van der Waals surface area contributed by atoms with E-state index in [9.17, 15) is 15.0 Å². The summed E-state index contributed by atoms with van der Waals surface area (Å²) in [7, 11) is 1.45. The van der Waals surface area contributed by atoms with Gasteiger partial charge in [-0.1, -0.05) is 0 Å². The molecule has 0 bridgehead atoms. The second-order valence-corrected chi connectivity index (χ2v) is 7.16. The predicted octanol–water partition coefficient (Wildman–Crippen LogP) is 0.655. The van der Waals surface area contributed by atoms with Gasteiger partial charge in [0, 0.05) is 18.6 Å². The number of pyridine rings is 1. The number of imidazole rings is 1. The third-order valence-corrected chi connectivity index (χ3v) is 4.82. The van der Waals surface area contributed by atoms with Crippen molar-refractivity contribution < 1.29 is 24.4 Å². The molecule has 2 aromatic heterocycles. The van der Waals surface area contributed by atoms with Crippen molar-refractivity contribution in [1.82, 2.24) is 15.0 Å². The van der Waals surface area contributed by atoms with Crippen LogP contribution in [0.2, 0.25) is 0 Å². The van der Waals surface area contributed by atoms with Gasteiger partial charge in [-0.2, -0.15) is 0 Å². The van der Waals surface area contributed by atoms with E-state index in [0.717, 1.165) is 5.39 Å². The van der Waals surface area contributed by atoms with Gasteiger partial charge in [-0.05, 0) is 32.0 Å². The molecule has 4 rings (SSSR count). The van der Waals surface area contributed by atoms with Crippen molar-refractivity contribution in [1.29, 1.82) is 0 Å². The molecule has 9 heteroatoms. The number of nitrogens with zero attached hydrogens (tertiary/aromatic N) is 1. The number of hydrogen-bond donors (Lipinski definition) is 4. The van der Waals surface area contributed by atoms with Crippen LogP contribution in [0.5, 0.6) is 5.75 Å². The van der Waals surface area contributed by atoms with Crippen LogP contribution in [0.15, 0.2) is 29.1 Å². The lowest BCUT2D eigenvalue weighted by atomic mass is 9.89. The van der Waals surface area contributed by atoms with Gasteiger partial charge in [0.1, 0.15) is 24.1 Å². The van der Waals surface area contributed by atoms with Gasteiger partial charge in [-0.3, -0.25) is 4.98 Å². The number of H-pyrrole nitrogens is 2. The number of aliphatic hydroxyl groups is 2. The van der Waals surface area contributed by atoms with Crippen LogP contribution in [0, 0.1) is 0 Å².